The van der Waals surface area contributed by atoms with E-state index in [0.29, 0.717) is 22.6 Å². The van der Waals surface area contributed by atoms with Gasteiger partial charge >= 0.3 is 0 Å². The number of para-hydroxylation sites is 2. The first-order valence-electron chi connectivity index (χ1n) is 6.41. The van der Waals surface area contributed by atoms with E-state index in [1.165, 1.54) is 11.8 Å². The van der Waals surface area contributed by atoms with Crippen LogP contribution in [0, 0.1) is 0 Å². The SMILES string of the molecule is Nc1ccc2oc(CSc3nc4ccccc4o3)nc2c1. The Kier molecular flexibility index (Phi) is 2.82. The van der Waals surface area contributed by atoms with Gasteiger partial charge in [0.25, 0.3) is 5.22 Å². The molecule has 2 aromatic carbocycles. The summed E-state index contributed by atoms with van der Waals surface area (Å²) in [6, 6.07) is 13.1. The minimum atomic E-state index is 0.557. The number of fused-ring (bicyclic) bond motifs is 2. The minimum Gasteiger partial charge on any atom is -0.440 e. The van der Waals surface area contributed by atoms with E-state index < -0.39 is 0 Å². The molecule has 0 bridgehead atoms. The van der Waals surface area contributed by atoms with Crippen molar-refractivity contribution in [3.63, 3.8) is 0 Å². The van der Waals surface area contributed by atoms with Crippen molar-refractivity contribution in [1.82, 2.24) is 9.97 Å². The zero-order valence-electron chi connectivity index (χ0n) is 10.9. The third-order valence-corrected chi connectivity index (χ3v) is 3.86. The second kappa shape index (κ2) is 4.82. The molecule has 0 atom stereocenters. The topological polar surface area (TPSA) is 78.1 Å². The van der Waals surface area contributed by atoms with E-state index in [1.807, 2.05) is 30.3 Å². The van der Waals surface area contributed by atoms with Crippen molar-refractivity contribution in [2.75, 3.05) is 5.73 Å². The molecule has 0 aliphatic rings. The van der Waals surface area contributed by atoms with Crippen molar-refractivity contribution in [3.8, 4) is 0 Å². The zero-order chi connectivity index (χ0) is 14.2. The first kappa shape index (κ1) is 12.3. The molecule has 0 saturated carbocycles. The summed E-state index contributed by atoms with van der Waals surface area (Å²) < 4.78 is 11.3. The molecule has 2 N–H and O–H groups in total. The molecule has 5 nitrogen and oxygen atoms in total. The van der Waals surface area contributed by atoms with Crippen LogP contribution in [0.5, 0.6) is 0 Å². The van der Waals surface area contributed by atoms with Gasteiger partial charge in [0.05, 0.1) is 5.75 Å². The largest absolute Gasteiger partial charge is 0.440 e. The molecule has 0 amide bonds. The molecule has 6 heteroatoms. The number of hydrogen-bond donors (Lipinski definition) is 1. The molecule has 0 aliphatic heterocycles. The number of thioether (sulfide) groups is 1. The van der Waals surface area contributed by atoms with Crippen LogP contribution in [0.15, 0.2) is 56.5 Å². The van der Waals surface area contributed by atoms with Crippen LogP contribution in [0.25, 0.3) is 22.2 Å². The highest BCUT2D eigenvalue weighted by atomic mass is 32.2. The Balaban J connectivity index is 1.57. The maximum atomic E-state index is 5.73. The summed E-state index contributed by atoms with van der Waals surface area (Å²) >= 11 is 1.45. The van der Waals surface area contributed by atoms with Gasteiger partial charge in [-0.2, -0.15) is 0 Å². The molecule has 4 aromatic rings. The Morgan fingerprint density at radius 3 is 2.71 bits per heavy atom. The highest BCUT2D eigenvalue weighted by Crippen LogP contribution is 2.27. The first-order valence-corrected chi connectivity index (χ1v) is 7.40. The van der Waals surface area contributed by atoms with E-state index in [0.717, 1.165) is 22.2 Å². The fourth-order valence-corrected chi connectivity index (χ4v) is 2.77. The smallest absolute Gasteiger partial charge is 0.257 e. The van der Waals surface area contributed by atoms with E-state index in [2.05, 4.69) is 9.97 Å². The van der Waals surface area contributed by atoms with Gasteiger partial charge in [0.1, 0.15) is 11.0 Å². The van der Waals surface area contributed by atoms with Crippen molar-refractivity contribution in [2.45, 2.75) is 11.0 Å². The van der Waals surface area contributed by atoms with E-state index in [-0.39, 0.29) is 0 Å². The molecule has 0 saturated heterocycles. The summed E-state index contributed by atoms with van der Waals surface area (Å²) in [6.45, 7) is 0. The lowest BCUT2D eigenvalue weighted by atomic mass is 10.3. The average Bonchev–Trinajstić information content (AvgIpc) is 3.07. The molecule has 21 heavy (non-hydrogen) atoms. The number of aromatic nitrogens is 2. The fourth-order valence-electron chi connectivity index (χ4n) is 2.09. The van der Waals surface area contributed by atoms with E-state index >= 15 is 0 Å². The lowest BCUT2D eigenvalue weighted by Crippen LogP contribution is -1.82. The standard InChI is InChI=1S/C15H11N3O2S/c16-9-5-6-13-11(7-9)17-14(19-13)8-21-15-18-10-3-1-2-4-12(10)20-15/h1-7H,8,16H2. The quantitative estimate of drug-likeness (QED) is 0.457. The summed E-state index contributed by atoms with van der Waals surface area (Å²) in [4.78, 5) is 8.81. The van der Waals surface area contributed by atoms with Gasteiger partial charge in [-0.25, -0.2) is 9.97 Å². The number of nitrogen functional groups attached to an aromatic ring is 1. The van der Waals surface area contributed by atoms with E-state index in [4.69, 9.17) is 14.6 Å². The number of benzene rings is 2. The van der Waals surface area contributed by atoms with Gasteiger partial charge in [-0.05, 0) is 30.3 Å². The maximum Gasteiger partial charge on any atom is 0.257 e. The summed E-state index contributed by atoms with van der Waals surface area (Å²) in [5.41, 5.74) is 9.54. The van der Waals surface area contributed by atoms with Gasteiger partial charge < -0.3 is 14.6 Å². The van der Waals surface area contributed by atoms with Gasteiger partial charge in [-0.1, -0.05) is 23.9 Å². The molecule has 2 aromatic heterocycles. The van der Waals surface area contributed by atoms with Crippen molar-refractivity contribution in [2.24, 2.45) is 0 Å². The number of oxazole rings is 2. The third kappa shape index (κ3) is 2.34. The average molecular weight is 297 g/mol. The van der Waals surface area contributed by atoms with Gasteiger partial charge in [0, 0.05) is 5.69 Å². The normalized spacial score (nSPS) is 11.4. The molecule has 104 valence electrons. The number of hydrogen-bond acceptors (Lipinski definition) is 6. The Bertz CT molecular complexity index is 896. The molecular formula is C15H11N3O2S. The van der Waals surface area contributed by atoms with Gasteiger partial charge in [-0.15, -0.1) is 0 Å². The summed E-state index contributed by atoms with van der Waals surface area (Å²) in [7, 11) is 0. The summed E-state index contributed by atoms with van der Waals surface area (Å²) in [6.07, 6.45) is 0. The molecular weight excluding hydrogens is 286 g/mol. The highest BCUT2D eigenvalue weighted by molar-refractivity contribution is 7.98. The summed E-state index contributed by atoms with van der Waals surface area (Å²) in [5.74, 6) is 1.18. The van der Waals surface area contributed by atoms with Crippen LogP contribution >= 0.6 is 11.8 Å². The van der Waals surface area contributed by atoms with Crippen LogP contribution < -0.4 is 5.73 Å². The van der Waals surface area contributed by atoms with Crippen molar-refractivity contribution in [1.29, 1.82) is 0 Å². The van der Waals surface area contributed by atoms with Crippen LogP contribution in [0.2, 0.25) is 0 Å². The monoisotopic (exact) mass is 297 g/mol. The molecule has 0 radical (unpaired) electrons. The second-order valence-electron chi connectivity index (χ2n) is 4.57. The Morgan fingerprint density at radius 2 is 1.81 bits per heavy atom. The predicted molar refractivity (Wildman–Crippen MR) is 82.0 cm³/mol. The maximum absolute atomic E-state index is 5.73. The first-order chi connectivity index (χ1) is 10.3. The van der Waals surface area contributed by atoms with Crippen LogP contribution in [-0.2, 0) is 5.75 Å². The number of nitrogens with two attached hydrogens (primary N) is 1. The Hall–Kier alpha value is -2.47. The molecule has 4 rings (SSSR count). The Labute approximate surface area is 124 Å². The Morgan fingerprint density at radius 1 is 0.952 bits per heavy atom. The second-order valence-corrected chi connectivity index (χ2v) is 5.50. The number of rotatable bonds is 3. The lowest BCUT2D eigenvalue weighted by Gasteiger charge is -1.90. The fraction of sp³-hybridized carbons (Fsp3) is 0.0667. The zero-order valence-corrected chi connectivity index (χ0v) is 11.8. The predicted octanol–water partition coefficient (Wildman–Crippen LogP) is 3.84. The molecule has 0 aliphatic carbocycles. The molecule has 2 heterocycles. The number of anilines is 1. The third-order valence-electron chi connectivity index (χ3n) is 3.05. The summed E-state index contributed by atoms with van der Waals surface area (Å²) in [5, 5.41) is 0.609. The highest BCUT2D eigenvalue weighted by Gasteiger charge is 2.10. The van der Waals surface area contributed by atoms with Crippen molar-refractivity contribution in [3.05, 3.63) is 48.4 Å². The molecule has 0 fully saturated rings. The molecule has 0 unspecified atom stereocenters. The van der Waals surface area contributed by atoms with Crippen molar-refractivity contribution < 1.29 is 8.83 Å². The van der Waals surface area contributed by atoms with Gasteiger partial charge in [0.15, 0.2) is 11.2 Å². The van der Waals surface area contributed by atoms with E-state index in [9.17, 15) is 0 Å². The number of nitrogens with zero attached hydrogens (tertiary/aromatic N) is 2. The van der Waals surface area contributed by atoms with E-state index in [1.54, 1.807) is 12.1 Å². The van der Waals surface area contributed by atoms with Crippen LogP contribution in [0.3, 0.4) is 0 Å². The minimum absolute atomic E-state index is 0.557. The van der Waals surface area contributed by atoms with Crippen LogP contribution in [0.4, 0.5) is 5.69 Å². The lowest BCUT2D eigenvalue weighted by molar-refractivity contribution is 0.487. The van der Waals surface area contributed by atoms with Gasteiger partial charge in [-0.3, -0.25) is 0 Å². The van der Waals surface area contributed by atoms with Gasteiger partial charge in [0.2, 0.25) is 5.89 Å². The molecule has 0 spiro atoms. The van der Waals surface area contributed by atoms with Crippen molar-refractivity contribution >= 4 is 39.6 Å². The van der Waals surface area contributed by atoms with Crippen LogP contribution in [-0.4, -0.2) is 9.97 Å². The van der Waals surface area contributed by atoms with Crippen LogP contribution in [0.1, 0.15) is 5.89 Å².